The van der Waals surface area contributed by atoms with Crippen molar-refractivity contribution >= 4 is 0 Å². The summed E-state index contributed by atoms with van der Waals surface area (Å²) in [6, 6.07) is 2.01. The van der Waals surface area contributed by atoms with Crippen LogP contribution in [0.3, 0.4) is 0 Å². The maximum atomic E-state index is 9.13. The number of hydrogen-bond acceptors (Lipinski definition) is 4. The van der Waals surface area contributed by atoms with Crippen LogP contribution in [0, 0.1) is 12.8 Å². The van der Waals surface area contributed by atoms with Crippen molar-refractivity contribution in [2.75, 3.05) is 6.61 Å². The highest BCUT2D eigenvalue weighted by atomic mass is 16.3. The van der Waals surface area contributed by atoms with Gasteiger partial charge < -0.3 is 10.4 Å². The van der Waals surface area contributed by atoms with Crippen LogP contribution in [0.4, 0.5) is 0 Å². The van der Waals surface area contributed by atoms with Crippen LogP contribution in [-0.2, 0) is 6.54 Å². The molecule has 0 saturated carbocycles. The Morgan fingerprint density at radius 2 is 2.20 bits per heavy atom. The fourth-order valence-electron chi connectivity index (χ4n) is 1.35. The van der Waals surface area contributed by atoms with Gasteiger partial charge in [-0.3, -0.25) is 0 Å². The molecule has 0 aromatic carbocycles. The van der Waals surface area contributed by atoms with E-state index >= 15 is 0 Å². The first kappa shape index (κ1) is 12.1. The van der Waals surface area contributed by atoms with E-state index in [1.807, 2.05) is 13.0 Å². The van der Waals surface area contributed by atoms with Crippen LogP contribution in [0.25, 0.3) is 0 Å². The topological polar surface area (TPSA) is 58.0 Å². The van der Waals surface area contributed by atoms with E-state index in [9.17, 15) is 0 Å². The Bertz CT molecular complexity index is 302. The van der Waals surface area contributed by atoms with Gasteiger partial charge in [0, 0.05) is 18.8 Å². The predicted molar refractivity (Wildman–Crippen MR) is 59.3 cm³/mol. The molecule has 0 spiro atoms. The molecule has 4 nitrogen and oxygen atoms in total. The van der Waals surface area contributed by atoms with Gasteiger partial charge in [0.1, 0.15) is 5.82 Å². The molecular weight excluding hydrogens is 190 g/mol. The summed E-state index contributed by atoms with van der Waals surface area (Å²) in [5, 5.41) is 12.4. The normalized spacial score (nSPS) is 13.1. The number of aryl methyl sites for hydroxylation is 1. The SMILES string of the molecule is Cc1nccc(CN[C@H](CO)C(C)C)n1. The standard InChI is InChI=1S/C11H19N3O/c1-8(2)11(7-15)13-6-10-4-5-12-9(3)14-10/h4-5,8,11,13,15H,6-7H2,1-3H3/t11-/m1/s1. The smallest absolute Gasteiger partial charge is 0.125 e. The van der Waals surface area contributed by atoms with Gasteiger partial charge in [-0.2, -0.15) is 0 Å². The lowest BCUT2D eigenvalue weighted by atomic mass is 10.1. The minimum Gasteiger partial charge on any atom is -0.395 e. The van der Waals surface area contributed by atoms with Gasteiger partial charge in [-0.1, -0.05) is 13.8 Å². The molecule has 0 radical (unpaired) electrons. The number of nitrogens with zero attached hydrogens (tertiary/aromatic N) is 2. The van der Waals surface area contributed by atoms with Crippen molar-refractivity contribution in [2.24, 2.45) is 5.92 Å². The zero-order valence-corrected chi connectivity index (χ0v) is 9.57. The van der Waals surface area contributed by atoms with Gasteiger partial charge in [-0.05, 0) is 18.9 Å². The van der Waals surface area contributed by atoms with Gasteiger partial charge in [-0.25, -0.2) is 9.97 Å². The van der Waals surface area contributed by atoms with Gasteiger partial charge in [-0.15, -0.1) is 0 Å². The van der Waals surface area contributed by atoms with Crippen LogP contribution in [0.2, 0.25) is 0 Å². The molecule has 1 atom stereocenters. The van der Waals surface area contributed by atoms with E-state index in [0.717, 1.165) is 11.5 Å². The fraction of sp³-hybridized carbons (Fsp3) is 0.636. The summed E-state index contributed by atoms with van der Waals surface area (Å²) in [6.45, 7) is 6.86. The Hall–Kier alpha value is -1.00. The number of aliphatic hydroxyl groups is 1. The molecule has 0 aliphatic carbocycles. The Kier molecular flexibility index (Phi) is 4.65. The van der Waals surface area contributed by atoms with Crippen molar-refractivity contribution in [1.29, 1.82) is 0 Å². The summed E-state index contributed by atoms with van der Waals surface area (Å²) in [4.78, 5) is 8.32. The second kappa shape index (κ2) is 5.78. The Labute approximate surface area is 90.8 Å². The Morgan fingerprint density at radius 1 is 1.47 bits per heavy atom. The number of nitrogens with one attached hydrogen (secondary N) is 1. The van der Waals surface area contributed by atoms with Crippen LogP contribution in [0.15, 0.2) is 12.3 Å². The fourth-order valence-corrected chi connectivity index (χ4v) is 1.35. The molecule has 1 aromatic heterocycles. The van der Waals surface area contributed by atoms with Crippen LogP contribution in [-0.4, -0.2) is 27.7 Å². The summed E-state index contributed by atoms with van der Waals surface area (Å²) in [5.74, 6) is 1.19. The summed E-state index contributed by atoms with van der Waals surface area (Å²) < 4.78 is 0. The molecule has 0 bridgehead atoms. The monoisotopic (exact) mass is 209 g/mol. The van der Waals surface area contributed by atoms with Gasteiger partial charge in [0.2, 0.25) is 0 Å². The highest BCUT2D eigenvalue weighted by Gasteiger charge is 2.11. The van der Waals surface area contributed by atoms with Gasteiger partial charge >= 0.3 is 0 Å². The van der Waals surface area contributed by atoms with Crippen LogP contribution in [0.5, 0.6) is 0 Å². The molecule has 1 heterocycles. The first-order valence-electron chi connectivity index (χ1n) is 5.26. The molecule has 0 aliphatic rings. The molecule has 84 valence electrons. The van der Waals surface area contributed by atoms with Gasteiger partial charge in [0.25, 0.3) is 0 Å². The molecule has 0 amide bonds. The molecule has 0 saturated heterocycles. The second-order valence-corrected chi connectivity index (χ2v) is 4.01. The van der Waals surface area contributed by atoms with Crippen LogP contribution >= 0.6 is 0 Å². The predicted octanol–water partition coefficient (Wildman–Crippen LogP) is 0.892. The summed E-state index contributed by atoms with van der Waals surface area (Å²) in [6.07, 6.45) is 1.75. The summed E-state index contributed by atoms with van der Waals surface area (Å²) >= 11 is 0. The molecule has 1 aromatic rings. The van der Waals surface area contributed by atoms with Gasteiger partial charge in [0.15, 0.2) is 0 Å². The molecule has 1 rings (SSSR count). The Morgan fingerprint density at radius 3 is 2.73 bits per heavy atom. The first-order valence-corrected chi connectivity index (χ1v) is 5.26. The van der Waals surface area contributed by atoms with E-state index in [-0.39, 0.29) is 12.6 Å². The van der Waals surface area contributed by atoms with Crippen molar-refractivity contribution < 1.29 is 5.11 Å². The van der Waals surface area contributed by atoms with Crippen molar-refractivity contribution in [2.45, 2.75) is 33.4 Å². The van der Waals surface area contributed by atoms with E-state index in [1.165, 1.54) is 0 Å². The van der Waals surface area contributed by atoms with Crippen LogP contribution in [0.1, 0.15) is 25.4 Å². The van der Waals surface area contributed by atoms with Crippen LogP contribution < -0.4 is 5.32 Å². The van der Waals surface area contributed by atoms with Crippen molar-refractivity contribution in [3.05, 3.63) is 23.8 Å². The van der Waals surface area contributed by atoms with E-state index in [0.29, 0.717) is 12.5 Å². The molecule has 0 fully saturated rings. The third-order valence-corrected chi connectivity index (χ3v) is 2.38. The molecule has 0 aliphatic heterocycles. The number of hydrogen-bond donors (Lipinski definition) is 2. The molecular formula is C11H19N3O. The Balaban J connectivity index is 2.49. The second-order valence-electron chi connectivity index (χ2n) is 4.01. The maximum absolute atomic E-state index is 9.13. The lowest BCUT2D eigenvalue weighted by Crippen LogP contribution is -2.36. The minimum absolute atomic E-state index is 0.125. The first-order chi connectivity index (χ1) is 7.13. The highest BCUT2D eigenvalue weighted by Crippen LogP contribution is 2.02. The van der Waals surface area contributed by atoms with Gasteiger partial charge in [0.05, 0.1) is 12.3 Å². The van der Waals surface area contributed by atoms with E-state index in [1.54, 1.807) is 6.20 Å². The number of aliphatic hydroxyl groups excluding tert-OH is 1. The molecule has 0 unspecified atom stereocenters. The summed E-state index contributed by atoms with van der Waals surface area (Å²) in [7, 11) is 0. The lowest BCUT2D eigenvalue weighted by Gasteiger charge is -2.19. The molecule has 15 heavy (non-hydrogen) atoms. The molecule has 2 N–H and O–H groups in total. The summed E-state index contributed by atoms with van der Waals surface area (Å²) in [5.41, 5.74) is 0.960. The van der Waals surface area contributed by atoms with Crippen molar-refractivity contribution in [3.63, 3.8) is 0 Å². The van der Waals surface area contributed by atoms with Crippen molar-refractivity contribution in [1.82, 2.24) is 15.3 Å². The zero-order valence-electron chi connectivity index (χ0n) is 9.57. The largest absolute Gasteiger partial charge is 0.395 e. The molecule has 4 heteroatoms. The average molecular weight is 209 g/mol. The van der Waals surface area contributed by atoms with Crippen molar-refractivity contribution in [3.8, 4) is 0 Å². The lowest BCUT2D eigenvalue weighted by molar-refractivity contribution is 0.209. The minimum atomic E-state index is 0.125. The van der Waals surface area contributed by atoms with E-state index < -0.39 is 0 Å². The maximum Gasteiger partial charge on any atom is 0.125 e. The zero-order chi connectivity index (χ0) is 11.3. The number of aromatic nitrogens is 2. The van der Waals surface area contributed by atoms with E-state index in [4.69, 9.17) is 5.11 Å². The quantitative estimate of drug-likeness (QED) is 0.756. The highest BCUT2D eigenvalue weighted by molar-refractivity contribution is 5.01. The van der Waals surface area contributed by atoms with E-state index in [2.05, 4.69) is 29.1 Å². The third-order valence-electron chi connectivity index (χ3n) is 2.38. The average Bonchev–Trinajstić information content (AvgIpc) is 2.18. The third kappa shape index (κ3) is 3.93. The number of rotatable bonds is 5.